The van der Waals surface area contributed by atoms with E-state index in [9.17, 15) is 0 Å². The minimum atomic E-state index is -0.852. The molecule has 0 nitrogen and oxygen atoms in total. The molecule has 346 valence electrons. The molecule has 0 N–H and O–H groups in total. The molecule has 0 spiro atoms. The first-order chi connectivity index (χ1) is 33.7. The molecule has 2 aliphatic carbocycles. The number of rotatable bonds is 10. The zero-order valence-electron chi connectivity index (χ0n) is 38.5. The molecule has 0 saturated heterocycles. The van der Waals surface area contributed by atoms with Crippen LogP contribution < -0.4 is 37.1 Å². The van der Waals surface area contributed by atoms with Gasteiger partial charge in [0.05, 0.1) is 0 Å². The fourth-order valence-electron chi connectivity index (χ4n) is 10.6. The second-order valence-electron chi connectivity index (χ2n) is 17.7. The molecule has 2 aliphatic rings. The average Bonchev–Trinajstić information content (AvgIpc) is 3.41. The monoisotopic (exact) mass is 1070 g/mol. The SMILES string of the molecule is [Cl][Pd][Cl].c1ccc(P(C2CCCCC2)C2CCCCC2)cc1.c1ccc(P(c2ccccc2)c2ccc3ccccc3c2-c2c(P(c3ccccc3)c3ccccc3)ccc3ccccc23)cc1. The number of fused-ring (bicyclic) bond motifs is 2. The molecule has 2 saturated carbocycles. The van der Waals surface area contributed by atoms with Crippen molar-refractivity contribution < 1.29 is 15.9 Å². The van der Waals surface area contributed by atoms with E-state index in [1.54, 1.807) is 5.30 Å². The Kier molecular flexibility index (Phi) is 18.2. The Labute approximate surface area is 425 Å². The first-order valence-corrected chi connectivity index (χ1v) is 32.4. The third kappa shape index (κ3) is 11.8. The van der Waals surface area contributed by atoms with Crippen molar-refractivity contribution in [2.75, 3.05) is 0 Å². The topological polar surface area (TPSA) is 0 Å². The van der Waals surface area contributed by atoms with E-state index in [1.165, 1.54) is 129 Å². The van der Waals surface area contributed by atoms with Crippen molar-refractivity contribution in [3.8, 4) is 11.1 Å². The third-order valence-corrected chi connectivity index (χ3v) is 22.1. The summed E-state index contributed by atoms with van der Waals surface area (Å²) >= 11 is -0.106. The fourth-order valence-corrected chi connectivity index (χ4v) is 19.4. The predicted octanol–water partition coefficient (Wildman–Crippen LogP) is 16.0. The van der Waals surface area contributed by atoms with Gasteiger partial charge in [0, 0.05) is 0 Å². The minimum absolute atomic E-state index is 0.106. The van der Waals surface area contributed by atoms with Crippen LogP contribution in [0.25, 0.3) is 32.7 Å². The molecule has 0 amide bonds. The average molecular weight is 1070 g/mol. The predicted molar refractivity (Wildman–Crippen MR) is 303 cm³/mol. The van der Waals surface area contributed by atoms with Gasteiger partial charge in [-0.25, -0.2) is 0 Å². The van der Waals surface area contributed by atoms with E-state index in [-0.39, 0.29) is 23.9 Å². The number of hydrogen-bond acceptors (Lipinski definition) is 0. The fraction of sp³-hybridized carbons (Fsp3) is 0.194. The van der Waals surface area contributed by atoms with Crippen LogP contribution in [-0.2, 0) is 15.9 Å². The Hall–Kier alpha value is -3.97. The Morgan fingerprint density at radius 3 is 0.912 bits per heavy atom. The molecule has 9 aromatic carbocycles. The molecule has 0 aliphatic heterocycles. The van der Waals surface area contributed by atoms with Crippen molar-refractivity contribution in [3.05, 3.63) is 224 Å². The zero-order chi connectivity index (χ0) is 46.3. The van der Waals surface area contributed by atoms with Gasteiger partial charge in [0.15, 0.2) is 0 Å². The summed E-state index contributed by atoms with van der Waals surface area (Å²) < 4.78 is 0. The van der Waals surface area contributed by atoms with Gasteiger partial charge in [-0.3, -0.25) is 0 Å². The summed E-state index contributed by atoms with van der Waals surface area (Å²) in [6, 6.07) is 83.4. The molecule has 11 rings (SSSR count). The van der Waals surface area contributed by atoms with Gasteiger partial charge < -0.3 is 0 Å². The standard InChI is InChI=1S/C44H32P2.C18H27P.2ClH.Pd/c1-5-19-35(20-6-1)45(36-21-7-2-8-22-36)41-31-29-33-17-13-15-27-39(33)43(41)44-40-28-16-14-18-34(40)30-32-42(44)46(37-23-9-3-10-24-37)38-25-11-4-12-26-38;1-4-10-16(11-5-1)19(17-12-6-2-7-13-17)18-14-8-3-9-15-18;;;/h1-32H;1,4-5,10-11,17-18H,2-3,6-9,12-15H2;2*1H;/q;;;;+2/p-2. The molecular weight excluding hydrogens is 1010 g/mol. The van der Waals surface area contributed by atoms with E-state index >= 15 is 0 Å². The smallest absolute Gasteiger partial charge is 0.000884 e. The van der Waals surface area contributed by atoms with Crippen molar-refractivity contribution in [1.82, 2.24) is 0 Å². The summed E-state index contributed by atoms with van der Waals surface area (Å²) in [7, 11) is 8.03. The Bertz CT molecular complexity index is 2660. The number of hydrogen-bond donors (Lipinski definition) is 0. The van der Waals surface area contributed by atoms with Gasteiger partial charge in [-0.1, -0.05) is 271 Å². The van der Waals surface area contributed by atoms with E-state index in [2.05, 4.69) is 224 Å². The van der Waals surface area contributed by atoms with Gasteiger partial charge in [0.2, 0.25) is 0 Å². The van der Waals surface area contributed by atoms with Crippen LogP contribution in [0.4, 0.5) is 0 Å². The van der Waals surface area contributed by atoms with Crippen LogP contribution >= 0.6 is 42.8 Å². The van der Waals surface area contributed by atoms with Gasteiger partial charge in [-0.05, 0) is 123 Å². The third-order valence-electron chi connectivity index (χ3n) is 13.6. The van der Waals surface area contributed by atoms with Crippen LogP contribution in [0.15, 0.2) is 224 Å². The van der Waals surface area contributed by atoms with E-state index in [4.69, 9.17) is 19.1 Å². The zero-order valence-corrected chi connectivity index (χ0v) is 44.3. The van der Waals surface area contributed by atoms with Crippen LogP contribution in [0, 0.1) is 0 Å². The molecule has 0 heterocycles. The number of benzene rings is 9. The van der Waals surface area contributed by atoms with Crippen LogP contribution in [0.1, 0.15) is 64.2 Å². The van der Waals surface area contributed by atoms with Gasteiger partial charge in [-0.2, -0.15) is 0 Å². The molecule has 68 heavy (non-hydrogen) atoms. The maximum atomic E-state index is 4.81. The number of halogens is 2. The summed E-state index contributed by atoms with van der Waals surface area (Å²) in [5.41, 5.74) is 4.77. The van der Waals surface area contributed by atoms with Crippen molar-refractivity contribution >= 4 is 101 Å². The molecule has 6 heteroatoms. The largest absolute Gasteiger partial charge is 0.0690 e. The molecule has 0 aromatic heterocycles. The van der Waals surface area contributed by atoms with Crippen LogP contribution in [0.3, 0.4) is 0 Å². The van der Waals surface area contributed by atoms with Crippen molar-refractivity contribution in [2.24, 2.45) is 0 Å². The van der Waals surface area contributed by atoms with Crippen molar-refractivity contribution in [1.29, 1.82) is 0 Å². The maximum absolute atomic E-state index is 4.81. The minimum Gasteiger partial charge on any atom is -0.0690 e. The van der Waals surface area contributed by atoms with Gasteiger partial charge in [0.25, 0.3) is 0 Å². The first kappa shape index (κ1) is 49.0. The Morgan fingerprint density at radius 1 is 0.309 bits per heavy atom. The molecule has 0 unspecified atom stereocenters. The van der Waals surface area contributed by atoms with Crippen LogP contribution in [0.2, 0.25) is 0 Å². The van der Waals surface area contributed by atoms with Gasteiger partial charge in [-0.15, -0.1) is 0 Å². The quantitative estimate of drug-likeness (QED) is 0.0946. The molecule has 0 bridgehead atoms. The molecule has 0 radical (unpaired) electrons. The van der Waals surface area contributed by atoms with E-state index in [0.717, 1.165) is 11.3 Å². The van der Waals surface area contributed by atoms with Crippen molar-refractivity contribution in [2.45, 2.75) is 75.5 Å². The maximum Gasteiger partial charge on any atom is -0.000884 e. The summed E-state index contributed by atoms with van der Waals surface area (Å²) in [5.74, 6) is 0. The summed E-state index contributed by atoms with van der Waals surface area (Å²) in [6.07, 6.45) is 15.0. The molecule has 2 fully saturated rings. The Balaban J connectivity index is 0.000000218. The molecule has 0 atom stereocenters. The Morgan fingerprint density at radius 2 is 0.588 bits per heavy atom. The van der Waals surface area contributed by atoms with Crippen molar-refractivity contribution in [3.63, 3.8) is 0 Å². The normalized spacial score (nSPS) is 14.4. The van der Waals surface area contributed by atoms with Crippen LogP contribution in [0.5, 0.6) is 0 Å². The summed E-state index contributed by atoms with van der Waals surface area (Å²) in [6.45, 7) is 0. The van der Waals surface area contributed by atoms with E-state index in [0.29, 0.717) is 0 Å². The second-order valence-corrected chi connectivity index (χ2v) is 27.3. The summed E-state index contributed by atoms with van der Waals surface area (Å²) in [4.78, 5) is 0. The van der Waals surface area contributed by atoms with E-state index in [1.807, 2.05) is 0 Å². The molecule has 9 aromatic rings. The van der Waals surface area contributed by atoms with Crippen LogP contribution in [-0.4, -0.2) is 11.3 Å². The van der Waals surface area contributed by atoms with Gasteiger partial charge >= 0.3 is 35.0 Å². The molecular formula is C62H59Cl2P3Pd. The summed E-state index contributed by atoms with van der Waals surface area (Å²) in [5, 5.41) is 15.0. The van der Waals surface area contributed by atoms with Gasteiger partial charge in [0.1, 0.15) is 0 Å². The second kappa shape index (κ2) is 25.2. The van der Waals surface area contributed by atoms with E-state index < -0.39 is 15.8 Å². The first-order valence-electron chi connectivity index (χ1n) is 24.2.